The van der Waals surface area contributed by atoms with Gasteiger partial charge in [0.15, 0.2) is 5.96 Å². The third-order valence-electron chi connectivity index (χ3n) is 14.7. The number of hydrogen-bond acceptors (Lipinski definition) is 18. The van der Waals surface area contributed by atoms with Gasteiger partial charge in [-0.05, 0) is 89.0 Å². The van der Waals surface area contributed by atoms with Crippen LogP contribution in [-0.4, -0.2) is 197 Å². The number of nitrogens with zero attached hydrogens (tertiary/aromatic N) is 1. The normalized spacial score (nSPS) is 14.7. The van der Waals surface area contributed by atoms with E-state index in [-0.39, 0.29) is 75.7 Å². The van der Waals surface area contributed by atoms with E-state index in [9.17, 15) is 81.8 Å². The highest BCUT2D eigenvalue weighted by Crippen LogP contribution is 2.14. The van der Waals surface area contributed by atoms with Crippen LogP contribution in [0.3, 0.4) is 0 Å². The van der Waals surface area contributed by atoms with Crippen molar-refractivity contribution in [1.29, 1.82) is 0 Å². The molecule has 14 amide bonds. The van der Waals surface area contributed by atoms with Crippen LogP contribution in [0.4, 0.5) is 0 Å². The maximum atomic E-state index is 14.1. The molecule has 0 fully saturated rings. The number of guanidine groups is 1. The maximum Gasteiger partial charge on any atom is 0.303 e. The van der Waals surface area contributed by atoms with Crippen LogP contribution in [0.2, 0.25) is 0 Å². The van der Waals surface area contributed by atoms with E-state index in [0.717, 1.165) is 0 Å². The average molecular weight is 1370 g/mol. The Hall–Kier alpha value is -10.0. The SMILES string of the molecule is CC[C@H](C)[C@H](NC(=O)CNC(=O)CNC(=O)[C@H](CCCN=C(N)N)NC(=O)[C@H](C)NC(=O)[C@H](CC(C)C)NC(=O)[C@H](CCC(=O)O)NC(=O)[C@H](CC(C)C)NC(=O)[C@H](C)NC(=O)[C@@H](N)CCC(=O)O)C(=O)N[C@@H](Cc1ccccc1)C(=O)N[C@@H](CCC(N)=O)C(=O)N[C@@H](C)C(N)=O. The molecule has 36 heteroatoms. The van der Waals surface area contributed by atoms with E-state index in [0.29, 0.717) is 12.0 Å². The standard InChI is InChI=1S/C61H100N18O18/c1-10-32(6)49(60(97)78-43(27-36-15-12-11-13-16-36)59(96)74-39(19-21-44(63)80)55(92)70-33(7)50(64)87)79-46(82)29-68-45(81)28-69-54(91)38(17-14-24-67-61(65)66)73-51(88)35(9)72-57(94)41(25-30(2)3)77-56(93)40(20-23-48(85)86)75-58(95)42(26-31(4)5)76-52(89)34(8)71-53(90)37(62)18-22-47(83)84/h11-13,15-16,30-35,37-43,49H,10,14,17-29,62H2,1-9H3,(H2,63,80)(H2,64,87)(H,68,81)(H,69,91)(H,70,92)(H,71,90)(H,72,94)(H,73,88)(H,74,96)(H,75,95)(H,76,89)(H,77,93)(H,78,97)(H,79,82)(H,83,84)(H,85,86)(H4,65,66,67)/t32-,33-,34-,35-,37-,38-,39-,40-,41-,42-,43-,49-/m0/s1. The number of carboxylic acids is 2. The predicted octanol–water partition coefficient (Wildman–Crippen LogP) is -5.63. The molecule has 0 heterocycles. The summed E-state index contributed by atoms with van der Waals surface area (Å²) in [6, 6.07) is -6.59. The molecule has 0 aliphatic carbocycles. The second kappa shape index (κ2) is 43.9. The highest BCUT2D eigenvalue weighted by Gasteiger charge is 2.36. The van der Waals surface area contributed by atoms with Crippen molar-refractivity contribution in [3.05, 3.63) is 35.9 Å². The van der Waals surface area contributed by atoms with Crippen molar-refractivity contribution in [3.63, 3.8) is 0 Å². The second-order valence-electron chi connectivity index (χ2n) is 24.3. The number of aliphatic carboxylic acids is 2. The Morgan fingerprint density at radius 1 is 0.443 bits per heavy atom. The number of carbonyl (C=O) groups is 16. The molecule has 12 atom stereocenters. The van der Waals surface area contributed by atoms with Gasteiger partial charge in [0.2, 0.25) is 82.7 Å². The first-order valence-corrected chi connectivity index (χ1v) is 31.8. The number of hydrogen-bond donors (Lipinski definition) is 19. The summed E-state index contributed by atoms with van der Waals surface area (Å²) in [5, 5.41) is 48.1. The quantitative estimate of drug-likeness (QED) is 0.0164. The van der Waals surface area contributed by atoms with Gasteiger partial charge in [-0.25, -0.2) is 0 Å². The molecule has 0 radical (unpaired) electrons. The largest absolute Gasteiger partial charge is 0.481 e. The molecule has 97 heavy (non-hydrogen) atoms. The fourth-order valence-electron chi connectivity index (χ4n) is 9.02. The van der Waals surface area contributed by atoms with Crippen LogP contribution in [0.25, 0.3) is 0 Å². The molecular formula is C61H100N18O18. The first kappa shape index (κ1) is 85.0. The Labute approximate surface area is 562 Å². The van der Waals surface area contributed by atoms with E-state index in [2.05, 4.69) is 68.8 Å². The summed E-state index contributed by atoms with van der Waals surface area (Å²) in [7, 11) is 0. The molecule has 0 unspecified atom stereocenters. The molecule has 1 rings (SSSR count). The number of primary amides is 2. The van der Waals surface area contributed by atoms with E-state index < -0.39 is 199 Å². The summed E-state index contributed by atoms with van der Waals surface area (Å²) in [6.45, 7) is 12.6. The number of aliphatic imine (C=N–C) groups is 1. The molecule has 1 aromatic carbocycles. The topological polar surface area (TPSA) is 600 Å². The van der Waals surface area contributed by atoms with Crippen molar-refractivity contribution >= 4 is 101 Å². The zero-order valence-corrected chi connectivity index (χ0v) is 56.3. The minimum atomic E-state index is -1.61. The van der Waals surface area contributed by atoms with Gasteiger partial charge in [-0.15, -0.1) is 0 Å². The van der Waals surface area contributed by atoms with Gasteiger partial charge in [0.25, 0.3) is 0 Å². The van der Waals surface area contributed by atoms with E-state index in [1.54, 1.807) is 71.9 Å². The van der Waals surface area contributed by atoms with Crippen molar-refractivity contribution in [2.75, 3.05) is 19.6 Å². The van der Waals surface area contributed by atoms with Crippen LogP contribution >= 0.6 is 0 Å². The Balaban J connectivity index is 3.28. The lowest BCUT2D eigenvalue weighted by molar-refractivity contribution is -0.139. The average Bonchev–Trinajstić information content (AvgIpc) is 0.883. The van der Waals surface area contributed by atoms with Gasteiger partial charge in [-0.2, -0.15) is 0 Å². The maximum absolute atomic E-state index is 14.1. The molecule has 0 aromatic heterocycles. The Kier molecular flexibility index (Phi) is 38.4. The van der Waals surface area contributed by atoms with Crippen molar-refractivity contribution in [3.8, 4) is 0 Å². The summed E-state index contributed by atoms with van der Waals surface area (Å²) in [6.07, 6.45) is -2.31. The molecule has 24 N–H and O–H groups in total. The van der Waals surface area contributed by atoms with Crippen LogP contribution in [0.1, 0.15) is 139 Å². The van der Waals surface area contributed by atoms with Crippen LogP contribution in [-0.2, 0) is 83.1 Å². The molecule has 0 bridgehead atoms. The number of carbonyl (C=O) groups excluding carboxylic acids is 14. The zero-order chi connectivity index (χ0) is 73.8. The summed E-state index contributed by atoms with van der Waals surface area (Å²) in [5.74, 6) is -16.4. The summed E-state index contributed by atoms with van der Waals surface area (Å²) in [5.41, 5.74) is 27.9. The van der Waals surface area contributed by atoms with Crippen LogP contribution in [0.15, 0.2) is 35.3 Å². The van der Waals surface area contributed by atoms with E-state index in [1.165, 1.54) is 20.8 Å². The highest BCUT2D eigenvalue weighted by atomic mass is 16.4. The third-order valence-corrected chi connectivity index (χ3v) is 14.7. The Morgan fingerprint density at radius 2 is 0.866 bits per heavy atom. The molecule has 36 nitrogen and oxygen atoms in total. The van der Waals surface area contributed by atoms with Crippen LogP contribution in [0, 0.1) is 17.8 Å². The van der Waals surface area contributed by atoms with E-state index in [4.69, 9.17) is 33.8 Å². The molecule has 0 aliphatic heterocycles. The number of carboxylic acid groups (broad SMARTS) is 2. The third kappa shape index (κ3) is 34.8. The molecular weight excluding hydrogens is 1270 g/mol. The number of nitrogens with two attached hydrogens (primary N) is 5. The summed E-state index contributed by atoms with van der Waals surface area (Å²) >= 11 is 0. The second-order valence-corrected chi connectivity index (χ2v) is 24.3. The van der Waals surface area contributed by atoms with Gasteiger partial charge in [-0.3, -0.25) is 81.7 Å². The minimum absolute atomic E-state index is 0.00670. The molecule has 0 spiro atoms. The minimum Gasteiger partial charge on any atom is -0.481 e. The lowest BCUT2D eigenvalue weighted by atomic mass is 9.97. The van der Waals surface area contributed by atoms with Crippen molar-refractivity contribution in [2.45, 2.75) is 206 Å². The number of rotatable bonds is 46. The van der Waals surface area contributed by atoms with Gasteiger partial charge in [-0.1, -0.05) is 78.3 Å². The molecule has 0 saturated heterocycles. The van der Waals surface area contributed by atoms with Gasteiger partial charge in [0, 0.05) is 32.2 Å². The van der Waals surface area contributed by atoms with Crippen molar-refractivity contribution in [1.82, 2.24) is 63.8 Å². The monoisotopic (exact) mass is 1370 g/mol. The lowest BCUT2D eigenvalue weighted by Crippen LogP contribution is -2.60. The van der Waals surface area contributed by atoms with Gasteiger partial charge in [0.05, 0.1) is 19.1 Å². The molecule has 0 aliphatic rings. The van der Waals surface area contributed by atoms with Crippen molar-refractivity contribution in [2.24, 2.45) is 51.4 Å². The fraction of sp³-hybridized carbons (Fsp3) is 0.623. The van der Waals surface area contributed by atoms with Gasteiger partial charge < -0.3 is 103 Å². The smallest absolute Gasteiger partial charge is 0.303 e. The van der Waals surface area contributed by atoms with E-state index >= 15 is 0 Å². The Bertz CT molecular complexity index is 2930. The summed E-state index contributed by atoms with van der Waals surface area (Å²) in [4.78, 5) is 213. The fourth-order valence-corrected chi connectivity index (χ4v) is 9.02. The van der Waals surface area contributed by atoms with Crippen molar-refractivity contribution < 1.29 is 86.9 Å². The first-order chi connectivity index (χ1) is 45.3. The van der Waals surface area contributed by atoms with Crippen LogP contribution < -0.4 is 92.5 Å². The van der Waals surface area contributed by atoms with E-state index in [1.807, 2.05) is 0 Å². The van der Waals surface area contributed by atoms with Gasteiger partial charge >= 0.3 is 11.9 Å². The number of nitrogens with one attached hydrogen (secondary N) is 12. The molecule has 542 valence electrons. The Morgan fingerprint density at radius 3 is 1.37 bits per heavy atom. The first-order valence-electron chi connectivity index (χ1n) is 31.8. The summed E-state index contributed by atoms with van der Waals surface area (Å²) < 4.78 is 0. The lowest BCUT2D eigenvalue weighted by Gasteiger charge is -2.28. The van der Waals surface area contributed by atoms with Gasteiger partial charge in [0.1, 0.15) is 60.4 Å². The number of amides is 14. The predicted molar refractivity (Wildman–Crippen MR) is 350 cm³/mol. The zero-order valence-electron chi connectivity index (χ0n) is 56.3. The number of benzene rings is 1. The molecule has 0 saturated carbocycles. The highest BCUT2D eigenvalue weighted by molar-refractivity contribution is 5.99. The van der Waals surface area contributed by atoms with Crippen LogP contribution in [0.5, 0.6) is 0 Å². The molecule has 1 aromatic rings.